The van der Waals surface area contributed by atoms with Crippen molar-refractivity contribution in [1.29, 1.82) is 0 Å². The zero-order valence-electron chi connectivity index (χ0n) is 12.5. The van der Waals surface area contributed by atoms with E-state index < -0.39 is 0 Å². The van der Waals surface area contributed by atoms with Crippen molar-refractivity contribution in [3.05, 3.63) is 29.8 Å². The molecule has 21 heavy (non-hydrogen) atoms. The smallest absolute Gasteiger partial charge is 0.239 e. The SMILES string of the molecule is C#Cc1cccc(N(CC)CC(=O)NC[C@H]2CCCO2)c1. The molecule has 0 aromatic heterocycles. The first-order valence-corrected chi connectivity index (χ1v) is 7.43. The fourth-order valence-corrected chi connectivity index (χ4v) is 2.44. The van der Waals surface area contributed by atoms with Crippen molar-refractivity contribution in [1.82, 2.24) is 5.32 Å². The Balaban J connectivity index is 1.88. The lowest BCUT2D eigenvalue weighted by Crippen LogP contribution is -2.40. The number of likely N-dealkylation sites (N-methyl/N-ethyl adjacent to an activating group) is 1. The molecule has 0 unspecified atom stereocenters. The van der Waals surface area contributed by atoms with Crippen LogP contribution in [0.3, 0.4) is 0 Å². The van der Waals surface area contributed by atoms with Gasteiger partial charge in [-0.25, -0.2) is 0 Å². The van der Waals surface area contributed by atoms with E-state index in [1.165, 1.54) is 0 Å². The maximum Gasteiger partial charge on any atom is 0.239 e. The number of benzene rings is 1. The van der Waals surface area contributed by atoms with Crippen LogP contribution in [0.25, 0.3) is 0 Å². The molecule has 1 saturated heterocycles. The summed E-state index contributed by atoms with van der Waals surface area (Å²) in [7, 11) is 0. The van der Waals surface area contributed by atoms with Gasteiger partial charge in [0.15, 0.2) is 0 Å². The van der Waals surface area contributed by atoms with E-state index in [1.54, 1.807) is 0 Å². The first-order chi connectivity index (χ1) is 10.2. The monoisotopic (exact) mass is 286 g/mol. The number of carbonyl (C=O) groups excluding carboxylic acids is 1. The molecule has 1 aliphatic rings. The van der Waals surface area contributed by atoms with Crippen LogP contribution in [0.15, 0.2) is 24.3 Å². The van der Waals surface area contributed by atoms with Gasteiger partial charge in [-0.1, -0.05) is 12.0 Å². The van der Waals surface area contributed by atoms with Gasteiger partial charge in [0.25, 0.3) is 0 Å². The van der Waals surface area contributed by atoms with Crippen molar-refractivity contribution < 1.29 is 9.53 Å². The normalized spacial score (nSPS) is 17.2. The Kier molecular flexibility index (Phi) is 5.65. The third kappa shape index (κ3) is 4.51. The standard InChI is InChI=1S/C17H22N2O2/c1-3-14-7-5-8-15(11-14)19(4-2)13-17(20)18-12-16-9-6-10-21-16/h1,5,7-8,11,16H,4,6,9-10,12-13H2,2H3,(H,18,20)/t16-/m1/s1. The number of rotatable bonds is 6. The van der Waals surface area contributed by atoms with E-state index in [0.717, 1.165) is 37.2 Å². The predicted molar refractivity (Wildman–Crippen MR) is 84.2 cm³/mol. The molecule has 1 heterocycles. The Labute approximate surface area is 126 Å². The van der Waals surface area contributed by atoms with Crippen molar-refractivity contribution >= 4 is 11.6 Å². The van der Waals surface area contributed by atoms with E-state index in [9.17, 15) is 4.79 Å². The van der Waals surface area contributed by atoms with E-state index in [-0.39, 0.29) is 12.0 Å². The highest BCUT2D eigenvalue weighted by Crippen LogP contribution is 2.15. The minimum absolute atomic E-state index is 0.0125. The maximum atomic E-state index is 12.0. The van der Waals surface area contributed by atoms with Gasteiger partial charge in [-0.2, -0.15) is 0 Å². The second-order valence-electron chi connectivity index (χ2n) is 5.15. The Hall–Kier alpha value is -1.99. The summed E-state index contributed by atoms with van der Waals surface area (Å²) in [6, 6.07) is 7.70. The molecule has 4 heteroatoms. The lowest BCUT2D eigenvalue weighted by atomic mass is 10.2. The van der Waals surface area contributed by atoms with Crippen LogP contribution in [0, 0.1) is 12.3 Å². The fourth-order valence-electron chi connectivity index (χ4n) is 2.44. The summed E-state index contributed by atoms with van der Waals surface area (Å²) < 4.78 is 5.50. The molecule has 1 amide bonds. The summed E-state index contributed by atoms with van der Waals surface area (Å²) in [5.74, 6) is 2.63. The van der Waals surface area contributed by atoms with E-state index in [2.05, 4.69) is 11.2 Å². The Morgan fingerprint density at radius 2 is 2.43 bits per heavy atom. The molecule has 2 rings (SSSR count). The molecule has 1 N–H and O–H groups in total. The van der Waals surface area contributed by atoms with Crippen LogP contribution in [0.4, 0.5) is 5.69 Å². The molecule has 0 radical (unpaired) electrons. The number of nitrogens with one attached hydrogen (secondary N) is 1. The molecular weight excluding hydrogens is 264 g/mol. The Bertz CT molecular complexity index is 516. The number of anilines is 1. The van der Waals surface area contributed by atoms with Gasteiger partial charge in [0.1, 0.15) is 0 Å². The van der Waals surface area contributed by atoms with Crippen molar-refractivity contribution in [2.45, 2.75) is 25.9 Å². The summed E-state index contributed by atoms with van der Waals surface area (Å²) in [6.07, 6.45) is 7.71. The molecule has 1 atom stereocenters. The highest BCUT2D eigenvalue weighted by atomic mass is 16.5. The van der Waals surface area contributed by atoms with Gasteiger partial charge >= 0.3 is 0 Å². The topological polar surface area (TPSA) is 41.6 Å². The van der Waals surface area contributed by atoms with Crippen LogP contribution in [0.2, 0.25) is 0 Å². The average Bonchev–Trinajstić information content (AvgIpc) is 3.04. The first kappa shape index (κ1) is 15.4. The molecule has 1 aromatic carbocycles. The number of amides is 1. The number of terminal acetylenes is 1. The highest BCUT2D eigenvalue weighted by Gasteiger charge is 2.17. The maximum absolute atomic E-state index is 12.0. The minimum Gasteiger partial charge on any atom is -0.376 e. The van der Waals surface area contributed by atoms with Crippen LogP contribution < -0.4 is 10.2 Å². The molecule has 1 fully saturated rings. The van der Waals surface area contributed by atoms with Crippen molar-refractivity contribution in [2.24, 2.45) is 0 Å². The summed E-state index contributed by atoms with van der Waals surface area (Å²) in [5.41, 5.74) is 1.80. The van der Waals surface area contributed by atoms with Gasteiger partial charge in [0, 0.05) is 30.9 Å². The highest BCUT2D eigenvalue weighted by molar-refractivity contribution is 5.81. The fraction of sp³-hybridized carbons (Fsp3) is 0.471. The number of nitrogens with zero attached hydrogens (tertiary/aromatic N) is 1. The van der Waals surface area contributed by atoms with Crippen LogP contribution in [0.5, 0.6) is 0 Å². The van der Waals surface area contributed by atoms with Gasteiger partial charge in [0.05, 0.1) is 12.6 Å². The third-order valence-corrected chi connectivity index (χ3v) is 3.65. The molecule has 4 nitrogen and oxygen atoms in total. The Morgan fingerprint density at radius 3 is 3.10 bits per heavy atom. The predicted octanol–water partition coefficient (Wildman–Crippen LogP) is 1.79. The van der Waals surface area contributed by atoms with Crippen LogP contribution in [0.1, 0.15) is 25.3 Å². The Morgan fingerprint density at radius 1 is 1.57 bits per heavy atom. The van der Waals surface area contributed by atoms with Crippen LogP contribution in [-0.2, 0) is 9.53 Å². The molecule has 0 saturated carbocycles. The van der Waals surface area contributed by atoms with E-state index in [1.807, 2.05) is 36.1 Å². The summed E-state index contributed by atoms with van der Waals surface area (Å²) >= 11 is 0. The minimum atomic E-state index is 0.0125. The van der Waals surface area contributed by atoms with Gasteiger partial charge < -0.3 is 15.0 Å². The lowest BCUT2D eigenvalue weighted by Gasteiger charge is -2.23. The number of hydrogen-bond donors (Lipinski definition) is 1. The number of hydrogen-bond acceptors (Lipinski definition) is 3. The number of carbonyl (C=O) groups is 1. The molecule has 0 spiro atoms. The quantitative estimate of drug-likeness (QED) is 0.811. The van der Waals surface area contributed by atoms with Crippen LogP contribution in [-0.4, -0.2) is 38.3 Å². The van der Waals surface area contributed by atoms with E-state index in [4.69, 9.17) is 11.2 Å². The van der Waals surface area contributed by atoms with Crippen molar-refractivity contribution in [3.8, 4) is 12.3 Å². The summed E-state index contributed by atoms with van der Waals surface area (Å²) in [6.45, 7) is 4.51. The van der Waals surface area contributed by atoms with Gasteiger partial charge in [-0.3, -0.25) is 4.79 Å². The summed E-state index contributed by atoms with van der Waals surface area (Å²) in [5, 5.41) is 2.94. The molecule has 0 aliphatic carbocycles. The zero-order chi connectivity index (χ0) is 15.1. The van der Waals surface area contributed by atoms with Crippen LogP contribution >= 0.6 is 0 Å². The average molecular weight is 286 g/mol. The zero-order valence-corrected chi connectivity index (χ0v) is 12.5. The van der Waals surface area contributed by atoms with Crippen molar-refractivity contribution in [2.75, 3.05) is 31.1 Å². The first-order valence-electron chi connectivity index (χ1n) is 7.43. The largest absolute Gasteiger partial charge is 0.376 e. The van der Waals surface area contributed by atoms with Crippen molar-refractivity contribution in [3.63, 3.8) is 0 Å². The molecule has 1 aromatic rings. The summed E-state index contributed by atoms with van der Waals surface area (Å²) in [4.78, 5) is 14.1. The second-order valence-corrected chi connectivity index (χ2v) is 5.15. The molecule has 112 valence electrons. The molecule has 1 aliphatic heterocycles. The second kappa shape index (κ2) is 7.70. The number of ether oxygens (including phenoxy) is 1. The van der Waals surface area contributed by atoms with Gasteiger partial charge in [0.2, 0.25) is 5.91 Å². The lowest BCUT2D eigenvalue weighted by molar-refractivity contribution is -0.120. The van der Waals surface area contributed by atoms with E-state index >= 15 is 0 Å². The molecular formula is C17H22N2O2. The van der Waals surface area contributed by atoms with Gasteiger partial charge in [-0.15, -0.1) is 6.42 Å². The van der Waals surface area contributed by atoms with Gasteiger partial charge in [-0.05, 0) is 38.0 Å². The third-order valence-electron chi connectivity index (χ3n) is 3.65. The van der Waals surface area contributed by atoms with E-state index in [0.29, 0.717) is 13.1 Å². The molecule has 0 bridgehead atoms.